The second-order valence-electron chi connectivity index (χ2n) is 4.41. The summed E-state index contributed by atoms with van der Waals surface area (Å²) < 4.78 is 19.0. The molecule has 0 aliphatic carbocycles. The van der Waals surface area contributed by atoms with Crippen LogP contribution in [0.2, 0.25) is 0 Å². The molecule has 0 aliphatic heterocycles. The van der Waals surface area contributed by atoms with E-state index in [2.05, 4.69) is 0 Å². The molecule has 2 rings (SSSR count). The van der Waals surface area contributed by atoms with Gasteiger partial charge in [-0.15, -0.1) is 0 Å². The number of hydrogen-bond acceptors (Lipinski definition) is 3. The fraction of sp³-hybridized carbons (Fsp3) is 0.214. The highest BCUT2D eigenvalue weighted by molar-refractivity contribution is 5.95. The van der Waals surface area contributed by atoms with Crippen molar-refractivity contribution in [1.29, 1.82) is 0 Å². The van der Waals surface area contributed by atoms with E-state index in [-0.39, 0.29) is 12.1 Å². The largest absolute Gasteiger partial charge is 0.464 e. The third-order valence-corrected chi connectivity index (χ3v) is 2.76. The van der Waals surface area contributed by atoms with Crippen LogP contribution in [0.25, 0.3) is 0 Å². The van der Waals surface area contributed by atoms with Gasteiger partial charge in [-0.3, -0.25) is 4.79 Å². The van der Waals surface area contributed by atoms with E-state index in [1.165, 1.54) is 23.1 Å². The van der Waals surface area contributed by atoms with Gasteiger partial charge in [0.25, 0.3) is 5.91 Å². The number of carbonyl (C=O) groups excluding carboxylic acids is 1. The molecule has 2 N–H and O–H groups in total. The molecule has 0 atom stereocenters. The summed E-state index contributed by atoms with van der Waals surface area (Å²) >= 11 is 0. The summed E-state index contributed by atoms with van der Waals surface area (Å²) in [6.45, 7) is 2.10. The minimum Gasteiger partial charge on any atom is -0.464 e. The predicted octanol–water partition coefficient (Wildman–Crippen LogP) is 2.58. The molecule has 100 valence electrons. The Hall–Kier alpha value is -2.30. The molecule has 5 heteroatoms. The zero-order chi connectivity index (χ0) is 14.0. The number of hydrogen-bond donors (Lipinski definition) is 1. The van der Waals surface area contributed by atoms with Gasteiger partial charge in [0.05, 0.1) is 12.1 Å². The lowest BCUT2D eigenvalue weighted by molar-refractivity contribution is 0.0770. The SMILES string of the molecule is Cc1ccc(CN(C)C(=O)c2cc(N)ccc2F)o1. The number of nitrogens with two attached hydrogens (primary N) is 1. The molecule has 19 heavy (non-hydrogen) atoms. The quantitative estimate of drug-likeness (QED) is 0.865. The number of aryl methyl sites for hydroxylation is 1. The lowest BCUT2D eigenvalue weighted by atomic mass is 10.1. The van der Waals surface area contributed by atoms with E-state index < -0.39 is 11.7 Å². The van der Waals surface area contributed by atoms with E-state index >= 15 is 0 Å². The lowest BCUT2D eigenvalue weighted by Gasteiger charge is -2.16. The van der Waals surface area contributed by atoms with E-state index in [9.17, 15) is 9.18 Å². The maximum Gasteiger partial charge on any atom is 0.257 e. The Balaban J connectivity index is 2.16. The Morgan fingerprint density at radius 3 is 2.74 bits per heavy atom. The van der Waals surface area contributed by atoms with Crippen LogP contribution in [0.3, 0.4) is 0 Å². The maximum atomic E-state index is 13.6. The smallest absolute Gasteiger partial charge is 0.257 e. The van der Waals surface area contributed by atoms with Gasteiger partial charge in [-0.2, -0.15) is 0 Å². The molecule has 0 fully saturated rings. The van der Waals surface area contributed by atoms with Crippen molar-refractivity contribution in [1.82, 2.24) is 4.90 Å². The summed E-state index contributed by atoms with van der Waals surface area (Å²) in [6.07, 6.45) is 0. The van der Waals surface area contributed by atoms with Gasteiger partial charge >= 0.3 is 0 Å². The zero-order valence-corrected chi connectivity index (χ0v) is 10.8. The van der Waals surface area contributed by atoms with Crippen molar-refractivity contribution in [3.05, 3.63) is 53.2 Å². The molecule has 4 nitrogen and oxygen atoms in total. The van der Waals surface area contributed by atoms with E-state index in [0.29, 0.717) is 11.4 Å². The van der Waals surface area contributed by atoms with E-state index in [1.54, 1.807) is 13.1 Å². The number of nitrogen functional groups attached to an aromatic ring is 1. The molecule has 0 saturated carbocycles. The van der Waals surface area contributed by atoms with Gasteiger partial charge in [0.1, 0.15) is 17.3 Å². The van der Waals surface area contributed by atoms with Crippen molar-refractivity contribution in [3.63, 3.8) is 0 Å². The Kier molecular flexibility index (Phi) is 3.55. The monoisotopic (exact) mass is 262 g/mol. The third-order valence-electron chi connectivity index (χ3n) is 2.76. The summed E-state index contributed by atoms with van der Waals surface area (Å²) in [7, 11) is 1.59. The van der Waals surface area contributed by atoms with E-state index in [1.807, 2.05) is 13.0 Å². The number of benzene rings is 1. The molecule has 0 bridgehead atoms. The molecule has 1 aromatic heterocycles. The number of anilines is 1. The van der Waals surface area contributed by atoms with Crippen molar-refractivity contribution in [2.75, 3.05) is 12.8 Å². The van der Waals surface area contributed by atoms with Gasteiger partial charge in [-0.25, -0.2) is 4.39 Å². The van der Waals surface area contributed by atoms with Gasteiger partial charge in [-0.05, 0) is 37.3 Å². The molecule has 1 heterocycles. The average molecular weight is 262 g/mol. The maximum absolute atomic E-state index is 13.6. The van der Waals surface area contributed by atoms with Crippen LogP contribution < -0.4 is 5.73 Å². The van der Waals surface area contributed by atoms with Crippen LogP contribution in [-0.2, 0) is 6.54 Å². The van der Waals surface area contributed by atoms with Gasteiger partial charge in [0, 0.05) is 12.7 Å². The normalized spacial score (nSPS) is 10.5. The highest BCUT2D eigenvalue weighted by atomic mass is 19.1. The van der Waals surface area contributed by atoms with Crippen molar-refractivity contribution in [3.8, 4) is 0 Å². The standard InChI is InChI=1S/C14H15FN2O2/c1-9-3-5-11(19-9)8-17(2)14(18)12-7-10(16)4-6-13(12)15/h3-7H,8,16H2,1-2H3. The van der Waals surface area contributed by atoms with E-state index in [0.717, 1.165) is 5.76 Å². The fourth-order valence-corrected chi connectivity index (χ4v) is 1.79. The molecule has 1 amide bonds. The topological polar surface area (TPSA) is 59.5 Å². The van der Waals surface area contributed by atoms with Crippen LogP contribution in [0.15, 0.2) is 34.7 Å². The second kappa shape index (κ2) is 5.14. The molecule has 0 spiro atoms. The number of nitrogens with zero attached hydrogens (tertiary/aromatic N) is 1. The molecule has 1 aromatic carbocycles. The molecule has 0 saturated heterocycles. The Morgan fingerprint density at radius 1 is 1.37 bits per heavy atom. The van der Waals surface area contributed by atoms with Crippen LogP contribution in [0.4, 0.5) is 10.1 Å². The minimum atomic E-state index is -0.582. The van der Waals surface area contributed by atoms with Crippen LogP contribution >= 0.6 is 0 Å². The van der Waals surface area contributed by atoms with Crippen molar-refractivity contribution in [2.24, 2.45) is 0 Å². The predicted molar refractivity (Wildman–Crippen MR) is 70.1 cm³/mol. The molecule has 2 aromatic rings. The van der Waals surface area contributed by atoms with Crippen LogP contribution in [-0.4, -0.2) is 17.9 Å². The first kappa shape index (κ1) is 13.1. The summed E-state index contributed by atoms with van der Waals surface area (Å²) in [6, 6.07) is 7.54. The van der Waals surface area contributed by atoms with Crippen molar-refractivity contribution in [2.45, 2.75) is 13.5 Å². The van der Waals surface area contributed by atoms with Crippen LogP contribution in [0.5, 0.6) is 0 Å². The first-order chi connectivity index (χ1) is 8.97. The van der Waals surface area contributed by atoms with Gasteiger partial charge in [-0.1, -0.05) is 0 Å². The summed E-state index contributed by atoms with van der Waals surface area (Å²) in [5.74, 6) is 0.407. The minimum absolute atomic E-state index is 0.0363. The highest BCUT2D eigenvalue weighted by Gasteiger charge is 2.17. The van der Waals surface area contributed by atoms with Crippen molar-refractivity contribution >= 4 is 11.6 Å². The molecular formula is C14H15FN2O2. The fourth-order valence-electron chi connectivity index (χ4n) is 1.79. The number of amides is 1. The molecule has 0 aliphatic rings. The highest BCUT2D eigenvalue weighted by Crippen LogP contribution is 2.16. The van der Waals surface area contributed by atoms with Gasteiger partial charge < -0.3 is 15.1 Å². The van der Waals surface area contributed by atoms with Crippen LogP contribution in [0.1, 0.15) is 21.9 Å². The number of furan rings is 1. The number of rotatable bonds is 3. The summed E-state index contributed by atoms with van der Waals surface area (Å²) in [4.78, 5) is 13.5. The Morgan fingerprint density at radius 2 is 2.11 bits per heavy atom. The molecular weight excluding hydrogens is 247 g/mol. The number of carbonyl (C=O) groups is 1. The van der Waals surface area contributed by atoms with Crippen LogP contribution in [0, 0.1) is 12.7 Å². The van der Waals surface area contributed by atoms with Gasteiger partial charge in [0.15, 0.2) is 0 Å². The lowest BCUT2D eigenvalue weighted by Crippen LogP contribution is -2.27. The number of halogens is 1. The molecule has 0 unspecified atom stereocenters. The first-order valence-electron chi connectivity index (χ1n) is 5.83. The van der Waals surface area contributed by atoms with E-state index in [4.69, 9.17) is 10.2 Å². The molecule has 0 radical (unpaired) electrons. The average Bonchev–Trinajstić information content (AvgIpc) is 2.77. The van der Waals surface area contributed by atoms with Gasteiger partial charge in [0.2, 0.25) is 0 Å². The summed E-state index contributed by atoms with van der Waals surface area (Å²) in [5, 5.41) is 0. The third kappa shape index (κ3) is 2.93. The Labute approximate surface area is 110 Å². The van der Waals surface area contributed by atoms with Crippen molar-refractivity contribution < 1.29 is 13.6 Å². The zero-order valence-electron chi connectivity index (χ0n) is 10.8. The second-order valence-corrected chi connectivity index (χ2v) is 4.41. The first-order valence-corrected chi connectivity index (χ1v) is 5.83. The Bertz CT molecular complexity index is 607. The summed E-state index contributed by atoms with van der Waals surface area (Å²) in [5.41, 5.74) is 5.88.